The Kier molecular flexibility index (Phi) is 5.91. The molecule has 0 atom stereocenters. The summed E-state index contributed by atoms with van der Waals surface area (Å²) in [5, 5.41) is 13.6. The standard InChI is InChI=1S/C12H18N2O4S/c1-2-8-13-9-3-10-19(17,18)12-6-4-11(5-7-12)14(15)16/h4-7,13H,2-3,8-10H2,1H3. The van der Waals surface area contributed by atoms with Crippen LogP contribution in [0.1, 0.15) is 19.8 Å². The normalized spacial score (nSPS) is 11.4. The molecule has 0 aliphatic heterocycles. The van der Waals surface area contributed by atoms with Crippen LogP contribution in [0, 0.1) is 10.1 Å². The lowest BCUT2D eigenvalue weighted by Crippen LogP contribution is -2.19. The predicted molar refractivity (Wildman–Crippen MR) is 72.9 cm³/mol. The molecule has 106 valence electrons. The molecule has 0 unspecified atom stereocenters. The molecular weight excluding hydrogens is 268 g/mol. The molecule has 0 bridgehead atoms. The molecule has 0 saturated heterocycles. The SMILES string of the molecule is CCCNCCCS(=O)(=O)c1ccc([N+](=O)[O-])cc1. The van der Waals surface area contributed by atoms with Crippen LogP contribution in [-0.2, 0) is 9.84 Å². The quantitative estimate of drug-likeness (QED) is 0.447. The Morgan fingerprint density at radius 1 is 1.21 bits per heavy atom. The van der Waals surface area contributed by atoms with E-state index in [4.69, 9.17) is 0 Å². The number of rotatable bonds is 8. The third-order valence-electron chi connectivity index (χ3n) is 2.60. The summed E-state index contributed by atoms with van der Waals surface area (Å²) in [6.45, 7) is 3.57. The number of nitro groups is 1. The third-order valence-corrected chi connectivity index (χ3v) is 4.42. The van der Waals surface area contributed by atoms with Gasteiger partial charge in [0.15, 0.2) is 9.84 Å². The van der Waals surface area contributed by atoms with Gasteiger partial charge in [0.25, 0.3) is 5.69 Å². The van der Waals surface area contributed by atoms with Crippen LogP contribution in [0.2, 0.25) is 0 Å². The van der Waals surface area contributed by atoms with Gasteiger partial charge in [-0.15, -0.1) is 0 Å². The Labute approximate surface area is 112 Å². The van der Waals surface area contributed by atoms with Crippen molar-refractivity contribution in [1.82, 2.24) is 5.32 Å². The molecular formula is C12H18N2O4S. The maximum Gasteiger partial charge on any atom is 0.269 e. The van der Waals surface area contributed by atoms with Crippen LogP contribution < -0.4 is 5.32 Å². The second-order valence-corrected chi connectivity index (χ2v) is 6.28. The molecule has 0 radical (unpaired) electrons. The van der Waals surface area contributed by atoms with Gasteiger partial charge in [0.1, 0.15) is 0 Å². The van der Waals surface area contributed by atoms with Crippen molar-refractivity contribution in [3.63, 3.8) is 0 Å². The highest BCUT2D eigenvalue weighted by Gasteiger charge is 2.15. The highest BCUT2D eigenvalue weighted by atomic mass is 32.2. The molecule has 1 rings (SSSR count). The number of hydrogen-bond donors (Lipinski definition) is 1. The minimum atomic E-state index is -3.35. The summed E-state index contributed by atoms with van der Waals surface area (Å²) in [4.78, 5) is 10.1. The van der Waals surface area contributed by atoms with Gasteiger partial charge in [-0.1, -0.05) is 6.92 Å². The topological polar surface area (TPSA) is 89.3 Å². The number of nitro benzene ring substituents is 1. The van der Waals surface area contributed by atoms with Crippen molar-refractivity contribution in [3.8, 4) is 0 Å². The van der Waals surface area contributed by atoms with Crippen LogP contribution in [-0.4, -0.2) is 32.2 Å². The van der Waals surface area contributed by atoms with E-state index in [9.17, 15) is 18.5 Å². The van der Waals surface area contributed by atoms with Crippen LogP contribution in [0.4, 0.5) is 5.69 Å². The van der Waals surface area contributed by atoms with E-state index >= 15 is 0 Å². The minimum absolute atomic E-state index is 0.0432. The second kappa shape index (κ2) is 7.20. The summed E-state index contributed by atoms with van der Waals surface area (Å²) in [6.07, 6.45) is 1.54. The molecule has 6 nitrogen and oxygen atoms in total. The van der Waals surface area contributed by atoms with E-state index in [0.717, 1.165) is 13.0 Å². The number of benzene rings is 1. The number of nitrogens with zero attached hydrogens (tertiary/aromatic N) is 1. The Hall–Kier alpha value is -1.47. The lowest BCUT2D eigenvalue weighted by atomic mass is 10.3. The second-order valence-electron chi connectivity index (χ2n) is 4.17. The monoisotopic (exact) mass is 286 g/mol. The lowest BCUT2D eigenvalue weighted by Gasteiger charge is -2.05. The number of non-ortho nitro benzene ring substituents is 1. The van der Waals surface area contributed by atoms with E-state index in [1.165, 1.54) is 24.3 Å². The molecule has 0 amide bonds. The van der Waals surface area contributed by atoms with Gasteiger partial charge in [0, 0.05) is 12.1 Å². The molecule has 0 aliphatic rings. The van der Waals surface area contributed by atoms with Crippen LogP contribution in [0.25, 0.3) is 0 Å². The van der Waals surface area contributed by atoms with Crippen LogP contribution in [0.5, 0.6) is 0 Å². The molecule has 19 heavy (non-hydrogen) atoms. The Bertz CT molecular complexity index is 511. The van der Waals surface area contributed by atoms with Gasteiger partial charge >= 0.3 is 0 Å². The Morgan fingerprint density at radius 3 is 2.37 bits per heavy atom. The van der Waals surface area contributed by atoms with Crippen molar-refractivity contribution >= 4 is 15.5 Å². The summed E-state index contributed by atoms with van der Waals surface area (Å²) < 4.78 is 23.9. The average Bonchev–Trinajstić information content (AvgIpc) is 2.38. The fourth-order valence-corrected chi connectivity index (χ4v) is 2.89. The van der Waals surface area contributed by atoms with Gasteiger partial charge in [0.05, 0.1) is 15.6 Å². The van der Waals surface area contributed by atoms with E-state index in [0.29, 0.717) is 13.0 Å². The zero-order valence-electron chi connectivity index (χ0n) is 10.8. The number of nitrogens with one attached hydrogen (secondary N) is 1. The molecule has 0 saturated carbocycles. The fraction of sp³-hybridized carbons (Fsp3) is 0.500. The first-order chi connectivity index (χ1) is 8.97. The van der Waals surface area contributed by atoms with Crippen molar-refractivity contribution < 1.29 is 13.3 Å². The molecule has 0 fully saturated rings. The first-order valence-electron chi connectivity index (χ1n) is 6.15. The van der Waals surface area contributed by atoms with E-state index < -0.39 is 14.8 Å². The van der Waals surface area contributed by atoms with Crippen molar-refractivity contribution in [2.45, 2.75) is 24.7 Å². The van der Waals surface area contributed by atoms with Gasteiger partial charge in [-0.2, -0.15) is 0 Å². The molecule has 1 N–H and O–H groups in total. The lowest BCUT2D eigenvalue weighted by molar-refractivity contribution is -0.384. The van der Waals surface area contributed by atoms with Crippen molar-refractivity contribution in [2.75, 3.05) is 18.8 Å². The van der Waals surface area contributed by atoms with E-state index in [2.05, 4.69) is 5.32 Å². The summed E-state index contributed by atoms with van der Waals surface area (Å²) in [5.74, 6) is 0.0432. The van der Waals surface area contributed by atoms with Crippen molar-refractivity contribution in [3.05, 3.63) is 34.4 Å². The minimum Gasteiger partial charge on any atom is -0.317 e. The van der Waals surface area contributed by atoms with Gasteiger partial charge in [-0.3, -0.25) is 10.1 Å². The Balaban J connectivity index is 2.59. The number of hydrogen-bond acceptors (Lipinski definition) is 5. The van der Waals surface area contributed by atoms with Crippen LogP contribution in [0.15, 0.2) is 29.2 Å². The van der Waals surface area contributed by atoms with Gasteiger partial charge in [-0.25, -0.2) is 8.42 Å². The molecule has 1 aromatic rings. The predicted octanol–water partition coefficient (Wildman–Crippen LogP) is 1.76. The third kappa shape index (κ3) is 4.96. The first kappa shape index (κ1) is 15.6. The molecule has 0 aliphatic carbocycles. The zero-order chi connectivity index (χ0) is 14.3. The smallest absolute Gasteiger partial charge is 0.269 e. The maximum atomic E-state index is 11.9. The summed E-state index contributed by atoms with van der Waals surface area (Å²) in [5.41, 5.74) is -0.108. The van der Waals surface area contributed by atoms with E-state index in [1.54, 1.807) is 0 Å². The average molecular weight is 286 g/mol. The van der Waals surface area contributed by atoms with E-state index in [1.807, 2.05) is 6.92 Å². The van der Waals surface area contributed by atoms with Crippen molar-refractivity contribution in [2.24, 2.45) is 0 Å². The van der Waals surface area contributed by atoms with E-state index in [-0.39, 0.29) is 16.3 Å². The molecule has 0 aromatic heterocycles. The molecule has 0 heterocycles. The fourth-order valence-electron chi connectivity index (χ4n) is 1.58. The first-order valence-corrected chi connectivity index (χ1v) is 7.80. The number of sulfone groups is 1. The highest BCUT2D eigenvalue weighted by Crippen LogP contribution is 2.17. The van der Waals surface area contributed by atoms with Gasteiger partial charge in [0.2, 0.25) is 0 Å². The summed E-state index contributed by atoms with van der Waals surface area (Å²) in [7, 11) is -3.35. The largest absolute Gasteiger partial charge is 0.317 e. The molecule has 0 spiro atoms. The highest BCUT2D eigenvalue weighted by molar-refractivity contribution is 7.91. The Morgan fingerprint density at radius 2 is 1.84 bits per heavy atom. The maximum absolute atomic E-state index is 11.9. The summed E-state index contributed by atoms with van der Waals surface area (Å²) >= 11 is 0. The van der Waals surface area contributed by atoms with Crippen molar-refractivity contribution in [1.29, 1.82) is 0 Å². The summed E-state index contributed by atoms with van der Waals surface area (Å²) in [6, 6.07) is 4.99. The molecule has 7 heteroatoms. The van der Waals surface area contributed by atoms with Crippen LogP contribution in [0.3, 0.4) is 0 Å². The van der Waals surface area contributed by atoms with Crippen LogP contribution >= 0.6 is 0 Å². The van der Waals surface area contributed by atoms with Gasteiger partial charge in [-0.05, 0) is 38.1 Å². The van der Waals surface area contributed by atoms with Gasteiger partial charge < -0.3 is 5.32 Å². The molecule has 1 aromatic carbocycles. The zero-order valence-corrected chi connectivity index (χ0v) is 11.6.